The highest BCUT2D eigenvalue weighted by molar-refractivity contribution is 5.28. The molecule has 0 bridgehead atoms. The molecule has 1 aliphatic heterocycles. The predicted octanol–water partition coefficient (Wildman–Crippen LogP) is 6.86. The molecule has 3 heteroatoms. The number of allylic oxidation sites excluding steroid dienone is 2. The van der Waals surface area contributed by atoms with Crippen LogP contribution in [0.1, 0.15) is 71.9 Å². The molecule has 0 aromatic heterocycles. The molecule has 0 aliphatic carbocycles. The van der Waals surface area contributed by atoms with Crippen molar-refractivity contribution in [3.05, 3.63) is 59.1 Å². The van der Waals surface area contributed by atoms with Gasteiger partial charge in [0.25, 0.3) is 0 Å². The van der Waals surface area contributed by atoms with E-state index < -0.39 is 0 Å². The first-order chi connectivity index (χ1) is 14.2. The van der Waals surface area contributed by atoms with Crippen LogP contribution < -0.4 is 5.32 Å². The first kappa shape index (κ1) is 27.9. The van der Waals surface area contributed by atoms with Gasteiger partial charge in [0.2, 0.25) is 0 Å². The molecule has 0 spiro atoms. The van der Waals surface area contributed by atoms with Crippen molar-refractivity contribution >= 4 is 0 Å². The maximum absolute atomic E-state index is 13.5. The number of aryl methyl sites for hydroxylation is 1. The Hall–Kier alpha value is -2.05. The predicted molar refractivity (Wildman–Crippen MR) is 131 cm³/mol. The van der Waals surface area contributed by atoms with Crippen molar-refractivity contribution in [1.29, 1.82) is 0 Å². The molecule has 1 aliphatic rings. The zero-order valence-corrected chi connectivity index (χ0v) is 20.3. The van der Waals surface area contributed by atoms with E-state index in [4.69, 9.17) is 0 Å². The Kier molecular flexibility index (Phi) is 14.7. The van der Waals surface area contributed by atoms with Crippen molar-refractivity contribution in [1.82, 2.24) is 10.2 Å². The van der Waals surface area contributed by atoms with Crippen molar-refractivity contribution in [2.45, 2.75) is 80.3 Å². The van der Waals surface area contributed by atoms with Gasteiger partial charge in [0.05, 0.1) is 0 Å². The molecule has 0 amide bonds. The summed E-state index contributed by atoms with van der Waals surface area (Å²) in [5.41, 5.74) is 4.15. The number of halogens is 1. The Morgan fingerprint density at radius 2 is 1.93 bits per heavy atom. The summed E-state index contributed by atoms with van der Waals surface area (Å²) >= 11 is 0. The zero-order valence-electron chi connectivity index (χ0n) is 20.3. The summed E-state index contributed by atoms with van der Waals surface area (Å²) in [4.78, 5) is 2.41. The number of benzene rings is 1. The summed E-state index contributed by atoms with van der Waals surface area (Å²) in [5.74, 6) is 2.95. The summed E-state index contributed by atoms with van der Waals surface area (Å²) in [6.45, 7) is 21.4. The van der Waals surface area contributed by atoms with E-state index in [2.05, 4.69) is 69.8 Å². The van der Waals surface area contributed by atoms with Crippen LogP contribution in [0.2, 0.25) is 0 Å². The number of nitrogens with zero attached hydrogens (tertiary/aromatic N) is 1. The summed E-state index contributed by atoms with van der Waals surface area (Å²) < 4.78 is 13.5. The van der Waals surface area contributed by atoms with Gasteiger partial charge in [-0.05, 0) is 88.7 Å². The smallest absolute Gasteiger partial charge is 0.126 e. The Labute approximate surface area is 185 Å². The van der Waals surface area contributed by atoms with Crippen molar-refractivity contribution in [2.75, 3.05) is 13.1 Å². The van der Waals surface area contributed by atoms with Gasteiger partial charge in [-0.15, -0.1) is 12.3 Å². The minimum absolute atomic E-state index is 0.137. The van der Waals surface area contributed by atoms with E-state index in [1.165, 1.54) is 18.4 Å². The normalized spacial score (nSPS) is 16.3. The van der Waals surface area contributed by atoms with Crippen LogP contribution in [0, 0.1) is 31.0 Å². The lowest BCUT2D eigenvalue weighted by molar-refractivity contribution is 0.230. The molecule has 1 aromatic carbocycles. The highest BCUT2D eigenvalue weighted by atomic mass is 19.1. The molecular formula is C27H43FN2. The largest absolute Gasteiger partial charge is 0.364 e. The molecule has 168 valence electrons. The maximum atomic E-state index is 13.5. The lowest BCUT2D eigenvalue weighted by atomic mass is 10.0. The Morgan fingerprint density at radius 1 is 1.33 bits per heavy atom. The van der Waals surface area contributed by atoms with Crippen LogP contribution in [-0.4, -0.2) is 24.0 Å². The summed E-state index contributed by atoms with van der Waals surface area (Å²) in [5, 5.41) is 3.47. The molecule has 2 rings (SSSR count). The van der Waals surface area contributed by atoms with E-state index in [1.807, 2.05) is 19.1 Å². The highest BCUT2D eigenvalue weighted by Gasteiger charge is 2.22. The molecule has 1 unspecified atom stereocenters. The second kappa shape index (κ2) is 15.7. The van der Waals surface area contributed by atoms with E-state index in [9.17, 15) is 4.39 Å². The van der Waals surface area contributed by atoms with Gasteiger partial charge in [-0.3, -0.25) is 0 Å². The van der Waals surface area contributed by atoms with Gasteiger partial charge >= 0.3 is 0 Å². The molecule has 2 nitrogen and oxygen atoms in total. The number of terminal acetylenes is 1. The fourth-order valence-electron chi connectivity index (χ4n) is 3.15. The quantitative estimate of drug-likeness (QED) is 0.418. The standard InChI is InChI=1S/C20H29FN2.C4H10.C3H4/c1-5-15(2)17(4)23(19-7-6-11-22-12-10-19)14-18-8-9-20(21)16(3)13-18;1-4(2)3;1-3-2/h5,8-9,13,19,22H,4,6-7,10-12,14H2,1-3H3;4H,1-3H3;1H,2H3/b15-5+;;. The Bertz CT molecular complexity index is 687. The number of hydrogen-bond acceptors (Lipinski definition) is 2. The lowest BCUT2D eigenvalue weighted by Crippen LogP contribution is -2.35. The summed E-state index contributed by atoms with van der Waals surface area (Å²) in [6, 6.07) is 5.90. The topological polar surface area (TPSA) is 15.3 Å². The van der Waals surface area contributed by atoms with Crippen LogP contribution in [0.15, 0.2) is 42.1 Å². The van der Waals surface area contributed by atoms with Crippen molar-refractivity contribution in [3.63, 3.8) is 0 Å². The average Bonchev–Trinajstić information content (AvgIpc) is 2.97. The van der Waals surface area contributed by atoms with E-state index in [1.54, 1.807) is 13.0 Å². The van der Waals surface area contributed by atoms with Gasteiger partial charge in [0.15, 0.2) is 0 Å². The number of rotatable bonds is 5. The van der Waals surface area contributed by atoms with Crippen LogP contribution in [0.3, 0.4) is 0 Å². The highest BCUT2D eigenvalue weighted by Crippen LogP contribution is 2.25. The Morgan fingerprint density at radius 3 is 2.47 bits per heavy atom. The van der Waals surface area contributed by atoms with Gasteiger partial charge in [-0.1, -0.05) is 45.6 Å². The van der Waals surface area contributed by atoms with Gasteiger partial charge in [-0.25, -0.2) is 4.39 Å². The van der Waals surface area contributed by atoms with E-state index in [-0.39, 0.29) is 5.82 Å². The van der Waals surface area contributed by atoms with E-state index in [0.29, 0.717) is 11.6 Å². The third kappa shape index (κ3) is 11.2. The van der Waals surface area contributed by atoms with Crippen LogP contribution in [0.5, 0.6) is 0 Å². The third-order valence-corrected chi connectivity index (χ3v) is 4.80. The van der Waals surface area contributed by atoms with E-state index in [0.717, 1.165) is 43.2 Å². The molecule has 30 heavy (non-hydrogen) atoms. The number of nitrogens with one attached hydrogen (secondary N) is 1. The first-order valence-corrected chi connectivity index (χ1v) is 11.1. The second-order valence-electron chi connectivity index (χ2n) is 8.49. The van der Waals surface area contributed by atoms with Crippen LogP contribution >= 0.6 is 0 Å². The van der Waals surface area contributed by atoms with Gasteiger partial charge in [0.1, 0.15) is 5.82 Å². The van der Waals surface area contributed by atoms with Crippen LogP contribution in [0.4, 0.5) is 4.39 Å². The molecule has 0 radical (unpaired) electrons. The van der Waals surface area contributed by atoms with E-state index >= 15 is 0 Å². The minimum atomic E-state index is -0.137. The molecule has 1 fully saturated rings. The molecular weight excluding hydrogens is 371 g/mol. The molecule has 1 saturated heterocycles. The Balaban J connectivity index is 0.00000105. The van der Waals surface area contributed by atoms with Crippen molar-refractivity contribution < 1.29 is 4.39 Å². The molecule has 1 atom stereocenters. The number of hydrogen-bond donors (Lipinski definition) is 1. The summed E-state index contributed by atoms with van der Waals surface area (Å²) in [7, 11) is 0. The third-order valence-electron chi connectivity index (χ3n) is 4.80. The molecule has 1 N–H and O–H groups in total. The zero-order chi connectivity index (χ0) is 23.1. The fourth-order valence-corrected chi connectivity index (χ4v) is 3.15. The molecule has 0 saturated carbocycles. The summed E-state index contributed by atoms with van der Waals surface area (Å²) in [6.07, 6.45) is 10.2. The lowest BCUT2D eigenvalue weighted by Gasteiger charge is -2.35. The van der Waals surface area contributed by atoms with Gasteiger partial charge in [0, 0.05) is 18.3 Å². The SMILES string of the molecule is C#CC.C=C(/C(C)=C/C)N(Cc1ccc(F)c(C)c1)C1CCCNCC1.CC(C)C. The average molecular weight is 415 g/mol. The van der Waals surface area contributed by atoms with Crippen molar-refractivity contribution in [3.8, 4) is 12.3 Å². The van der Waals surface area contributed by atoms with Crippen LogP contribution in [-0.2, 0) is 6.54 Å². The van der Waals surface area contributed by atoms with Gasteiger partial charge < -0.3 is 10.2 Å². The molecule has 1 aromatic rings. The first-order valence-electron chi connectivity index (χ1n) is 11.1. The fraction of sp³-hybridized carbons (Fsp3) is 0.556. The van der Waals surface area contributed by atoms with Gasteiger partial charge in [-0.2, -0.15) is 0 Å². The second-order valence-corrected chi connectivity index (χ2v) is 8.49. The minimum Gasteiger partial charge on any atom is -0.364 e. The monoisotopic (exact) mass is 414 g/mol. The molecule has 1 heterocycles. The van der Waals surface area contributed by atoms with Crippen LogP contribution in [0.25, 0.3) is 0 Å². The van der Waals surface area contributed by atoms with Crippen molar-refractivity contribution in [2.24, 2.45) is 5.92 Å². The maximum Gasteiger partial charge on any atom is 0.126 e.